The Morgan fingerprint density at radius 1 is 1.03 bits per heavy atom. The number of fused-ring (bicyclic) bond motifs is 2. The van der Waals surface area contributed by atoms with E-state index in [0.717, 1.165) is 23.0 Å². The molecule has 0 spiro atoms. The second kappa shape index (κ2) is 8.81. The number of carbonyl (C=O) groups excluding carboxylic acids is 1. The quantitative estimate of drug-likeness (QED) is 0.451. The van der Waals surface area contributed by atoms with E-state index >= 15 is 0 Å². The molecule has 1 aromatic heterocycles. The first kappa shape index (κ1) is 25.5. The number of pyridine rings is 1. The third-order valence-electron chi connectivity index (χ3n) is 5.84. The smallest absolute Gasteiger partial charge is 0.433 e. The van der Waals surface area contributed by atoms with Crippen molar-refractivity contribution in [2.75, 3.05) is 16.7 Å². The largest absolute Gasteiger partial charge is 0.465 e. The van der Waals surface area contributed by atoms with Crippen LogP contribution in [0.4, 0.5) is 30.4 Å². The molecule has 3 aromatic rings. The van der Waals surface area contributed by atoms with Gasteiger partial charge in [0.2, 0.25) is 0 Å². The summed E-state index contributed by atoms with van der Waals surface area (Å²) in [7, 11) is -3.12. The van der Waals surface area contributed by atoms with Gasteiger partial charge in [0.25, 0.3) is 10.0 Å². The van der Waals surface area contributed by atoms with Crippen LogP contribution in [-0.4, -0.2) is 26.5 Å². The van der Waals surface area contributed by atoms with Crippen molar-refractivity contribution in [1.82, 2.24) is 4.98 Å². The lowest BCUT2D eigenvalue weighted by Gasteiger charge is -2.26. The zero-order valence-corrected chi connectivity index (χ0v) is 20.8. The molecule has 2 aromatic carbocycles. The predicted molar refractivity (Wildman–Crippen MR) is 129 cm³/mol. The van der Waals surface area contributed by atoms with Crippen molar-refractivity contribution in [3.05, 3.63) is 77.0 Å². The first-order chi connectivity index (χ1) is 16.7. The van der Waals surface area contributed by atoms with Crippen molar-refractivity contribution in [3.63, 3.8) is 0 Å². The molecule has 11 heteroatoms. The molecule has 1 aliphatic heterocycles. The van der Waals surface area contributed by atoms with Crippen LogP contribution in [0.15, 0.2) is 59.5 Å². The maximum atomic E-state index is 13.9. The number of methoxy groups -OCH3 is 1. The molecule has 36 heavy (non-hydrogen) atoms. The lowest BCUT2D eigenvalue weighted by atomic mass is 9.87. The van der Waals surface area contributed by atoms with Gasteiger partial charge in [-0.2, -0.15) is 13.2 Å². The minimum absolute atomic E-state index is 0.0376. The van der Waals surface area contributed by atoms with Crippen LogP contribution >= 0.6 is 0 Å². The molecule has 0 bridgehead atoms. The Morgan fingerprint density at radius 2 is 1.69 bits per heavy atom. The molecule has 190 valence electrons. The van der Waals surface area contributed by atoms with E-state index in [-0.39, 0.29) is 45.2 Å². The molecule has 0 radical (unpaired) electrons. The molecule has 0 atom stereocenters. The molecule has 0 unspecified atom stereocenters. The lowest BCUT2D eigenvalue weighted by molar-refractivity contribution is -0.141. The molecule has 4 rings (SSSR count). The highest BCUT2D eigenvalue weighted by atomic mass is 32.2. The number of esters is 1. The van der Waals surface area contributed by atoms with Crippen LogP contribution in [0.3, 0.4) is 0 Å². The van der Waals surface area contributed by atoms with Crippen LogP contribution in [0.25, 0.3) is 0 Å². The Bertz CT molecular complexity index is 1430. The van der Waals surface area contributed by atoms with Crippen molar-refractivity contribution in [1.29, 1.82) is 0 Å². The van der Waals surface area contributed by atoms with E-state index in [1.165, 1.54) is 36.4 Å². The van der Waals surface area contributed by atoms with Crippen molar-refractivity contribution in [2.24, 2.45) is 0 Å². The van der Waals surface area contributed by atoms with E-state index in [2.05, 4.69) is 10.3 Å². The van der Waals surface area contributed by atoms with E-state index in [9.17, 15) is 26.4 Å². The van der Waals surface area contributed by atoms with Crippen LogP contribution in [0.5, 0.6) is 0 Å². The topological polar surface area (TPSA) is 88.6 Å². The summed E-state index contributed by atoms with van der Waals surface area (Å²) in [5.74, 6) is -0.958. The number of benzene rings is 2. The zero-order chi connectivity index (χ0) is 26.5. The van der Waals surface area contributed by atoms with Gasteiger partial charge in [0, 0.05) is 5.56 Å². The molecule has 0 saturated heterocycles. The van der Waals surface area contributed by atoms with Crippen LogP contribution in [0.1, 0.15) is 48.0 Å². The summed E-state index contributed by atoms with van der Waals surface area (Å²) in [4.78, 5) is 16.2. The average Bonchev–Trinajstić information content (AvgIpc) is 2.99. The SMILES string of the molecule is COC(=O)c1cccc2c1N(S(=O)(=O)c1ccc(C(C)(C)C)cc1)Cc1ccc(C(F)(F)F)nc1N2. The molecule has 0 fully saturated rings. The number of sulfonamides is 1. The Labute approximate surface area is 207 Å². The van der Waals surface area contributed by atoms with Crippen LogP contribution in [0.2, 0.25) is 0 Å². The van der Waals surface area contributed by atoms with E-state index in [1.807, 2.05) is 20.8 Å². The molecule has 1 aliphatic rings. The van der Waals surface area contributed by atoms with E-state index < -0.39 is 27.9 Å². The molecular weight excluding hydrogens is 495 g/mol. The number of ether oxygens (including phenoxy) is 1. The highest BCUT2D eigenvalue weighted by Gasteiger charge is 2.37. The summed E-state index contributed by atoms with van der Waals surface area (Å²) in [6.45, 7) is 5.62. The summed E-state index contributed by atoms with van der Waals surface area (Å²) in [6.07, 6.45) is -4.69. The Balaban J connectivity index is 1.93. The Kier molecular flexibility index (Phi) is 6.24. The van der Waals surface area contributed by atoms with Gasteiger partial charge in [-0.3, -0.25) is 4.31 Å². The van der Waals surface area contributed by atoms with Crippen LogP contribution < -0.4 is 9.62 Å². The third-order valence-corrected chi connectivity index (χ3v) is 7.60. The number of aromatic nitrogens is 1. The summed E-state index contributed by atoms with van der Waals surface area (Å²) < 4.78 is 73.6. The van der Waals surface area contributed by atoms with E-state index in [1.54, 1.807) is 12.1 Å². The number of hydrogen-bond donors (Lipinski definition) is 1. The highest BCUT2D eigenvalue weighted by molar-refractivity contribution is 7.92. The fraction of sp³-hybridized carbons (Fsp3) is 0.280. The maximum Gasteiger partial charge on any atom is 0.433 e. The standard InChI is InChI=1S/C25H24F3N3O4S/c1-24(2,3)16-9-11-17(12-10-16)36(33,34)31-14-15-8-13-20(25(26,27)28)30-22(15)29-19-7-5-6-18(21(19)31)23(32)35-4/h5-13H,14H2,1-4H3,(H,29,30). The third kappa shape index (κ3) is 4.62. The highest BCUT2D eigenvalue weighted by Crippen LogP contribution is 2.42. The number of carbonyl (C=O) groups is 1. The van der Waals surface area contributed by atoms with Gasteiger partial charge in [0.1, 0.15) is 11.5 Å². The normalized spacial score (nSPS) is 13.8. The Morgan fingerprint density at radius 3 is 2.28 bits per heavy atom. The number of halogens is 3. The van der Waals surface area contributed by atoms with Crippen molar-refractivity contribution in [3.8, 4) is 0 Å². The zero-order valence-electron chi connectivity index (χ0n) is 20.0. The van der Waals surface area contributed by atoms with E-state index in [0.29, 0.717) is 0 Å². The first-order valence-electron chi connectivity index (χ1n) is 10.9. The summed E-state index contributed by atoms with van der Waals surface area (Å²) in [6, 6.07) is 12.7. The van der Waals surface area contributed by atoms with Gasteiger partial charge in [-0.05, 0) is 41.3 Å². The van der Waals surface area contributed by atoms with Gasteiger partial charge in [-0.1, -0.05) is 45.0 Å². The average molecular weight is 520 g/mol. The number of anilines is 3. The fourth-order valence-electron chi connectivity index (χ4n) is 3.89. The molecule has 2 heterocycles. The van der Waals surface area contributed by atoms with Gasteiger partial charge in [0.15, 0.2) is 0 Å². The Hall–Kier alpha value is -3.60. The molecule has 1 N–H and O–H groups in total. The van der Waals surface area contributed by atoms with Gasteiger partial charge in [-0.15, -0.1) is 0 Å². The lowest BCUT2D eigenvalue weighted by Crippen LogP contribution is -2.32. The second-order valence-electron chi connectivity index (χ2n) is 9.31. The first-order valence-corrected chi connectivity index (χ1v) is 12.4. The minimum atomic E-state index is -4.69. The van der Waals surface area contributed by atoms with E-state index in [4.69, 9.17) is 4.74 Å². The summed E-state index contributed by atoms with van der Waals surface area (Å²) in [5, 5.41) is 2.79. The van der Waals surface area contributed by atoms with Gasteiger partial charge >= 0.3 is 12.1 Å². The number of alkyl halides is 3. The number of nitrogens with zero attached hydrogens (tertiary/aromatic N) is 2. The van der Waals surface area contributed by atoms with Crippen LogP contribution in [0, 0.1) is 0 Å². The van der Waals surface area contributed by atoms with Gasteiger partial charge in [0.05, 0.1) is 35.5 Å². The van der Waals surface area contributed by atoms with Crippen molar-refractivity contribution in [2.45, 2.75) is 43.8 Å². The molecular formula is C25H24F3N3O4S. The molecule has 7 nitrogen and oxygen atoms in total. The molecule has 0 aliphatic carbocycles. The molecule has 0 saturated carbocycles. The fourth-order valence-corrected chi connectivity index (χ4v) is 5.37. The summed E-state index contributed by atoms with van der Waals surface area (Å²) in [5.41, 5.74) is -0.238. The number of nitrogens with one attached hydrogen (secondary N) is 1. The number of para-hydroxylation sites is 1. The number of rotatable bonds is 3. The van der Waals surface area contributed by atoms with Crippen molar-refractivity contribution >= 4 is 33.2 Å². The molecule has 0 amide bonds. The predicted octanol–water partition coefficient (Wildman–Crippen LogP) is 5.64. The number of hydrogen-bond acceptors (Lipinski definition) is 6. The summed E-state index contributed by atoms with van der Waals surface area (Å²) >= 11 is 0. The van der Waals surface area contributed by atoms with Gasteiger partial charge in [-0.25, -0.2) is 18.2 Å². The monoisotopic (exact) mass is 519 g/mol. The minimum Gasteiger partial charge on any atom is -0.465 e. The maximum absolute atomic E-state index is 13.9. The second-order valence-corrected chi connectivity index (χ2v) is 11.2. The van der Waals surface area contributed by atoms with Crippen molar-refractivity contribution < 1.29 is 31.1 Å². The van der Waals surface area contributed by atoms with Crippen LogP contribution in [-0.2, 0) is 32.9 Å². The van der Waals surface area contributed by atoms with Gasteiger partial charge < -0.3 is 10.1 Å².